The van der Waals surface area contributed by atoms with Gasteiger partial charge >= 0.3 is 0 Å². The van der Waals surface area contributed by atoms with Gasteiger partial charge in [-0.3, -0.25) is 9.69 Å². The number of rotatable bonds is 3. The molecule has 2 aromatic rings. The van der Waals surface area contributed by atoms with Crippen molar-refractivity contribution < 1.29 is 9.21 Å². The van der Waals surface area contributed by atoms with Crippen molar-refractivity contribution in [3.05, 3.63) is 34.7 Å². The summed E-state index contributed by atoms with van der Waals surface area (Å²) in [5, 5.41) is 7.23. The molecule has 3 aliphatic heterocycles. The first-order valence-electron chi connectivity index (χ1n) is 7.89. The lowest BCUT2D eigenvalue weighted by molar-refractivity contribution is 0.0211. The van der Waals surface area contributed by atoms with Crippen LogP contribution < -0.4 is 5.32 Å². The highest BCUT2D eigenvalue weighted by atomic mass is 32.1. The van der Waals surface area contributed by atoms with Gasteiger partial charge in [-0.15, -0.1) is 0 Å². The molecule has 5 rings (SSSR count). The molecule has 0 saturated carbocycles. The van der Waals surface area contributed by atoms with E-state index in [1.165, 1.54) is 25.9 Å². The van der Waals surface area contributed by atoms with E-state index in [1.807, 2.05) is 22.9 Å². The summed E-state index contributed by atoms with van der Waals surface area (Å²) in [6, 6.07) is 6.30. The second-order valence-corrected chi connectivity index (χ2v) is 7.07. The van der Waals surface area contributed by atoms with Gasteiger partial charge in [0.15, 0.2) is 5.76 Å². The molecule has 0 aromatic carbocycles. The number of piperidine rings is 3. The normalized spacial score (nSPS) is 30.4. The Hall–Kier alpha value is -1.59. The number of thiophene rings is 1. The molecule has 2 aromatic heterocycles. The van der Waals surface area contributed by atoms with Crippen molar-refractivity contribution in [1.29, 1.82) is 0 Å². The van der Waals surface area contributed by atoms with Crippen LogP contribution >= 0.6 is 11.3 Å². The van der Waals surface area contributed by atoms with Gasteiger partial charge in [0, 0.05) is 23.0 Å². The molecule has 2 unspecified atom stereocenters. The minimum absolute atomic E-state index is 0.0907. The highest BCUT2D eigenvalue weighted by Crippen LogP contribution is 2.32. The Morgan fingerprint density at radius 1 is 1.32 bits per heavy atom. The quantitative estimate of drug-likeness (QED) is 0.945. The predicted molar refractivity (Wildman–Crippen MR) is 87.0 cm³/mol. The SMILES string of the molecule is CC1C(NC(=O)c2ccc(-c3ccsc3)o2)C2CCN1CC2. The first kappa shape index (κ1) is 14.0. The highest BCUT2D eigenvalue weighted by Gasteiger charge is 2.40. The van der Waals surface area contributed by atoms with Gasteiger partial charge in [0.1, 0.15) is 5.76 Å². The molecule has 1 amide bonds. The van der Waals surface area contributed by atoms with Crippen molar-refractivity contribution in [2.75, 3.05) is 13.1 Å². The van der Waals surface area contributed by atoms with Gasteiger partial charge in [0.2, 0.25) is 0 Å². The number of fused-ring (bicyclic) bond motifs is 3. The standard InChI is InChI=1S/C17H20N2O2S/c1-11-16(12-4-7-19(11)8-5-12)18-17(20)15-3-2-14(21-15)13-6-9-22-10-13/h2-3,6,9-12,16H,4-5,7-8H2,1H3,(H,18,20). The number of nitrogens with zero attached hydrogens (tertiary/aromatic N) is 1. The number of hydrogen-bond acceptors (Lipinski definition) is 4. The van der Waals surface area contributed by atoms with Crippen LogP contribution in [-0.4, -0.2) is 36.0 Å². The summed E-state index contributed by atoms with van der Waals surface area (Å²) in [4.78, 5) is 15.0. The summed E-state index contributed by atoms with van der Waals surface area (Å²) in [6.45, 7) is 4.55. The van der Waals surface area contributed by atoms with Gasteiger partial charge in [-0.25, -0.2) is 0 Å². The fraction of sp³-hybridized carbons (Fsp3) is 0.471. The molecule has 3 fully saturated rings. The van der Waals surface area contributed by atoms with Crippen LogP contribution in [0.3, 0.4) is 0 Å². The van der Waals surface area contributed by atoms with Crippen LogP contribution in [0.4, 0.5) is 0 Å². The number of hydrogen-bond donors (Lipinski definition) is 1. The van der Waals surface area contributed by atoms with Gasteiger partial charge in [-0.2, -0.15) is 11.3 Å². The summed E-state index contributed by atoms with van der Waals surface area (Å²) in [5.41, 5.74) is 1.03. The van der Waals surface area contributed by atoms with Crippen LogP contribution in [0.1, 0.15) is 30.3 Å². The first-order chi connectivity index (χ1) is 10.7. The minimum atomic E-state index is -0.0907. The molecule has 116 valence electrons. The maximum absolute atomic E-state index is 12.5. The Bertz CT molecular complexity index is 654. The molecule has 0 radical (unpaired) electrons. The molecule has 2 atom stereocenters. The van der Waals surface area contributed by atoms with Crippen molar-refractivity contribution in [3.63, 3.8) is 0 Å². The summed E-state index contributed by atoms with van der Waals surface area (Å²) >= 11 is 1.62. The van der Waals surface area contributed by atoms with Gasteiger partial charge in [-0.05, 0) is 62.4 Å². The van der Waals surface area contributed by atoms with Gasteiger partial charge in [0.05, 0.1) is 0 Å². The molecule has 2 bridgehead atoms. The lowest BCUT2D eigenvalue weighted by atomic mass is 9.79. The molecular weight excluding hydrogens is 296 g/mol. The Morgan fingerprint density at radius 2 is 2.14 bits per heavy atom. The molecule has 3 saturated heterocycles. The molecule has 5 heterocycles. The molecule has 4 nitrogen and oxygen atoms in total. The third-order valence-electron chi connectivity index (χ3n) is 5.11. The van der Waals surface area contributed by atoms with Crippen LogP contribution in [0.5, 0.6) is 0 Å². The van der Waals surface area contributed by atoms with Crippen LogP contribution in [0, 0.1) is 5.92 Å². The second-order valence-electron chi connectivity index (χ2n) is 6.29. The summed E-state index contributed by atoms with van der Waals surface area (Å²) in [7, 11) is 0. The predicted octanol–water partition coefficient (Wildman–Crippen LogP) is 3.22. The van der Waals surface area contributed by atoms with Crippen molar-refractivity contribution in [2.24, 2.45) is 5.92 Å². The van der Waals surface area contributed by atoms with Gasteiger partial charge < -0.3 is 9.73 Å². The van der Waals surface area contributed by atoms with E-state index in [9.17, 15) is 4.79 Å². The largest absolute Gasteiger partial charge is 0.451 e. The fourth-order valence-electron chi connectivity index (χ4n) is 3.79. The second kappa shape index (κ2) is 5.56. The van der Waals surface area contributed by atoms with E-state index in [0.29, 0.717) is 17.7 Å². The van der Waals surface area contributed by atoms with Crippen LogP contribution in [0.25, 0.3) is 11.3 Å². The monoisotopic (exact) mass is 316 g/mol. The molecule has 3 aliphatic rings. The highest BCUT2D eigenvalue weighted by molar-refractivity contribution is 7.08. The number of carbonyl (C=O) groups is 1. The van der Waals surface area contributed by atoms with Crippen LogP contribution in [-0.2, 0) is 0 Å². The zero-order valence-electron chi connectivity index (χ0n) is 12.6. The van der Waals surface area contributed by atoms with Crippen molar-refractivity contribution in [1.82, 2.24) is 10.2 Å². The number of nitrogens with one attached hydrogen (secondary N) is 1. The van der Waals surface area contributed by atoms with Crippen molar-refractivity contribution in [3.8, 4) is 11.3 Å². The van der Waals surface area contributed by atoms with E-state index in [0.717, 1.165) is 11.3 Å². The van der Waals surface area contributed by atoms with E-state index in [1.54, 1.807) is 17.4 Å². The van der Waals surface area contributed by atoms with E-state index >= 15 is 0 Å². The molecule has 0 aliphatic carbocycles. The van der Waals surface area contributed by atoms with E-state index in [-0.39, 0.29) is 11.9 Å². The zero-order valence-corrected chi connectivity index (χ0v) is 13.4. The smallest absolute Gasteiger partial charge is 0.287 e. The minimum Gasteiger partial charge on any atom is -0.451 e. The number of amides is 1. The summed E-state index contributed by atoms with van der Waals surface area (Å²) in [5.74, 6) is 1.68. The lowest BCUT2D eigenvalue weighted by Gasteiger charge is -2.49. The molecule has 5 heteroatoms. The Balaban J connectivity index is 1.48. The number of carbonyl (C=O) groups excluding carboxylic acids is 1. The average molecular weight is 316 g/mol. The van der Waals surface area contributed by atoms with E-state index in [4.69, 9.17) is 4.42 Å². The lowest BCUT2D eigenvalue weighted by Crippen LogP contribution is -2.62. The fourth-order valence-corrected chi connectivity index (χ4v) is 4.43. The van der Waals surface area contributed by atoms with Gasteiger partial charge in [0.25, 0.3) is 5.91 Å². The zero-order chi connectivity index (χ0) is 15.1. The van der Waals surface area contributed by atoms with E-state index in [2.05, 4.69) is 17.1 Å². The Labute approximate surface area is 134 Å². The molecule has 1 N–H and O–H groups in total. The third-order valence-corrected chi connectivity index (χ3v) is 5.79. The van der Waals surface area contributed by atoms with Crippen LogP contribution in [0.2, 0.25) is 0 Å². The van der Waals surface area contributed by atoms with Crippen molar-refractivity contribution >= 4 is 17.2 Å². The Morgan fingerprint density at radius 3 is 2.82 bits per heavy atom. The molecular formula is C17H20N2O2S. The summed E-state index contributed by atoms with van der Waals surface area (Å²) < 4.78 is 5.73. The molecule has 0 spiro atoms. The van der Waals surface area contributed by atoms with Crippen LogP contribution in [0.15, 0.2) is 33.4 Å². The maximum Gasteiger partial charge on any atom is 0.287 e. The van der Waals surface area contributed by atoms with Crippen molar-refractivity contribution in [2.45, 2.75) is 31.8 Å². The van der Waals surface area contributed by atoms with Gasteiger partial charge in [-0.1, -0.05) is 0 Å². The van der Waals surface area contributed by atoms with E-state index < -0.39 is 0 Å². The Kier molecular flexibility index (Phi) is 3.54. The number of furan rings is 1. The summed E-state index contributed by atoms with van der Waals surface area (Å²) in [6.07, 6.45) is 2.38. The molecule has 22 heavy (non-hydrogen) atoms. The maximum atomic E-state index is 12.5. The topological polar surface area (TPSA) is 45.5 Å². The third kappa shape index (κ3) is 2.38. The first-order valence-corrected chi connectivity index (χ1v) is 8.84. The average Bonchev–Trinajstić information content (AvgIpc) is 3.21.